The second-order valence-corrected chi connectivity index (χ2v) is 4.60. The number of hydrogen-bond donors (Lipinski definition) is 4. The Bertz CT molecular complexity index is 213. The van der Waals surface area contributed by atoms with E-state index in [1.165, 1.54) is 0 Å². The van der Waals surface area contributed by atoms with Crippen molar-refractivity contribution >= 4 is 0 Å². The minimum atomic E-state index is -1.11. The number of aliphatic hydroxyl groups is 3. The van der Waals surface area contributed by atoms with Gasteiger partial charge in [-0.1, -0.05) is 0 Å². The maximum absolute atomic E-state index is 9.82. The van der Waals surface area contributed by atoms with Crippen LogP contribution >= 0.6 is 0 Å². The monoisotopic (exact) mass is 187 g/mol. The third-order valence-corrected chi connectivity index (χ3v) is 3.51. The molecule has 2 fully saturated rings. The van der Waals surface area contributed by atoms with Crippen LogP contribution in [0.25, 0.3) is 0 Å². The summed E-state index contributed by atoms with van der Waals surface area (Å²) in [6, 6.07) is 0. The van der Waals surface area contributed by atoms with Crippen molar-refractivity contribution in [3.8, 4) is 0 Å². The molecule has 4 nitrogen and oxygen atoms in total. The first-order valence-corrected chi connectivity index (χ1v) is 4.78. The van der Waals surface area contributed by atoms with E-state index in [2.05, 4.69) is 5.32 Å². The van der Waals surface area contributed by atoms with Crippen LogP contribution in [0.2, 0.25) is 0 Å². The van der Waals surface area contributed by atoms with Crippen molar-refractivity contribution in [3.05, 3.63) is 0 Å². The summed E-state index contributed by atoms with van der Waals surface area (Å²) in [6.45, 7) is 1.94. The smallest absolute Gasteiger partial charge is 0.100 e. The van der Waals surface area contributed by atoms with Gasteiger partial charge in [0.15, 0.2) is 0 Å². The van der Waals surface area contributed by atoms with E-state index in [1.54, 1.807) is 6.92 Å². The molecule has 0 aromatic carbocycles. The Morgan fingerprint density at radius 2 is 2.08 bits per heavy atom. The molecule has 4 N–H and O–H groups in total. The highest BCUT2D eigenvalue weighted by Crippen LogP contribution is 2.47. The maximum atomic E-state index is 9.82. The minimum absolute atomic E-state index is 0.0652. The fourth-order valence-electron chi connectivity index (χ4n) is 2.28. The zero-order valence-corrected chi connectivity index (χ0v) is 7.82. The van der Waals surface area contributed by atoms with E-state index in [0.717, 1.165) is 12.8 Å². The predicted molar refractivity (Wildman–Crippen MR) is 47.2 cm³/mol. The average Bonchev–Trinajstić information content (AvgIpc) is 2.82. The quantitative estimate of drug-likeness (QED) is 0.418. The van der Waals surface area contributed by atoms with Crippen molar-refractivity contribution in [2.24, 2.45) is 5.92 Å². The molecule has 1 heterocycles. The Balaban J connectivity index is 2.17. The first kappa shape index (κ1) is 9.40. The molecule has 2 aliphatic rings. The summed E-state index contributed by atoms with van der Waals surface area (Å²) in [7, 11) is 0. The van der Waals surface area contributed by atoms with E-state index >= 15 is 0 Å². The molecule has 13 heavy (non-hydrogen) atoms. The standard InChI is InChI=1S/C9H17NO3/c1-8(13)5-10-9(2-3-9)6(4-11)7(8)12/h6-7,10-13H,2-5H2,1H3/t6-,7-,8?/m1/s1. The number of hydrogen-bond acceptors (Lipinski definition) is 4. The molecule has 1 aliphatic carbocycles. The van der Waals surface area contributed by atoms with Crippen LogP contribution in [0, 0.1) is 5.92 Å². The second kappa shape index (κ2) is 2.67. The van der Waals surface area contributed by atoms with E-state index in [1.807, 2.05) is 0 Å². The molecule has 1 unspecified atom stereocenters. The lowest BCUT2D eigenvalue weighted by atomic mass is 9.78. The second-order valence-electron chi connectivity index (χ2n) is 4.60. The lowest BCUT2D eigenvalue weighted by Gasteiger charge is -2.44. The van der Waals surface area contributed by atoms with Gasteiger partial charge in [-0.15, -0.1) is 0 Å². The van der Waals surface area contributed by atoms with Crippen LogP contribution in [0.1, 0.15) is 19.8 Å². The lowest BCUT2D eigenvalue weighted by Crippen LogP contribution is -2.64. The SMILES string of the molecule is CC1(O)CNC2(CC2)[C@H](CO)[C@H]1O. The van der Waals surface area contributed by atoms with Gasteiger partial charge < -0.3 is 20.6 Å². The van der Waals surface area contributed by atoms with Crippen molar-refractivity contribution in [2.75, 3.05) is 13.2 Å². The number of β-amino-alcohol motifs (C(OH)–C–C–N with tert-alkyl or cyclic N) is 1. The van der Waals surface area contributed by atoms with Gasteiger partial charge in [0, 0.05) is 18.0 Å². The largest absolute Gasteiger partial charge is 0.396 e. The summed E-state index contributed by atoms with van der Waals surface area (Å²) >= 11 is 0. The molecule has 1 saturated carbocycles. The molecular weight excluding hydrogens is 170 g/mol. The molecule has 0 radical (unpaired) electrons. The summed E-state index contributed by atoms with van der Waals surface area (Å²) in [5.41, 5.74) is -1.20. The zero-order valence-electron chi connectivity index (χ0n) is 7.82. The van der Waals surface area contributed by atoms with Crippen LogP contribution in [0.3, 0.4) is 0 Å². The van der Waals surface area contributed by atoms with Gasteiger partial charge >= 0.3 is 0 Å². The minimum Gasteiger partial charge on any atom is -0.396 e. The maximum Gasteiger partial charge on any atom is 0.100 e. The molecule has 3 atom stereocenters. The van der Waals surface area contributed by atoms with Crippen LogP contribution in [-0.2, 0) is 0 Å². The predicted octanol–water partition coefficient (Wildman–Crippen LogP) is -1.16. The van der Waals surface area contributed by atoms with Gasteiger partial charge in [-0.3, -0.25) is 0 Å². The van der Waals surface area contributed by atoms with Crippen molar-refractivity contribution in [2.45, 2.75) is 37.0 Å². The van der Waals surface area contributed by atoms with Crippen LogP contribution in [-0.4, -0.2) is 45.7 Å². The van der Waals surface area contributed by atoms with Gasteiger partial charge in [-0.2, -0.15) is 0 Å². The first-order valence-electron chi connectivity index (χ1n) is 4.78. The first-order chi connectivity index (χ1) is 6.02. The highest BCUT2D eigenvalue weighted by molar-refractivity contribution is 5.15. The molecule has 4 heteroatoms. The summed E-state index contributed by atoms with van der Waals surface area (Å²) in [5, 5.41) is 32.0. The topological polar surface area (TPSA) is 72.7 Å². The third kappa shape index (κ3) is 1.29. The van der Waals surface area contributed by atoms with Crippen molar-refractivity contribution in [1.82, 2.24) is 5.32 Å². The average molecular weight is 187 g/mol. The van der Waals surface area contributed by atoms with Gasteiger partial charge in [0.25, 0.3) is 0 Å². The van der Waals surface area contributed by atoms with E-state index in [0.29, 0.717) is 6.54 Å². The Morgan fingerprint density at radius 1 is 1.46 bits per heavy atom. The Hall–Kier alpha value is -0.160. The van der Waals surface area contributed by atoms with E-state index in [4.69, 9.17) is 5.11 Å². The summed E-state index contributed by atoms with van der Waals surface area (Å²) in [5.74, 6) is -0.226. The normalized spacial score (nSPS) is 48.0. The van der Waals surface area contributed by atoms with Crippen LogP contribution < -0.4 is 5.32 Å². The van der Waals surface area contributed by atoms with Crippen LogP contribution in [0.4, 0.5) is 0 Å². The number of aliphatic hydroxyl groups excluding tert-OH is 2. The van der Waals surface area contributed by atoms with E-state index in [9.17, 15) is 10.2 Å². The Morgan fingerprint density at radius 3 is 2.54 bits per heavy atom. The zero-order chi connectivity index (χ0) is 9.69. The summed E-state index contributed by atoms with van der Waals surface area (Å²) in [4.78, 5) is 0. The van der Waals surface area contributed by atoms with E-state index < -0.39 is 11.7 Å². The highest BCUT2D eigenvalue weighted by Gasteiger charge is 2.58. The van der Waals surface area contributed by atoms with E-state index in [-0.39, 0.29) is 18.1 Å². The van der Waals surface area contributed by atoms with Crippen molar-refractivity contribution in [3.63, 3.8) is 0 Å². The van der Waals surface area contributed by atoms with Crippen molar-refractivity contribution < 1.29 is 15.3 Å². The molecule has 1 spiro atoms. The molecule has 0 amide bonds. The Kier molecular flexibility index (Phi) is 1.93. The molecule has 1 saturated heterocycles. The van der Waals surface area contributed by atoms with Crippen molar-refractivity contribution in [1.29, 1.82) is 0 Å². The van der Waals surface area contributed by atoms with Crippen LogP contribution in [0.5, 0.6) is 0 Å². The fourth-order valence-corrected chi connectivity index (χ4v) is 2.28. The van der Waals surface area contributed by atoms with Gasteiger partial charge in [0.05, 0.1) is 12.7 Å². The molecule has 0 bridgehead atoms. The molecule has 0 aromatic heterocycles. The number of piperidine rings is 1. The third-order valence-electron chi connectivity index (χ3n) is 3.51. The summed E-state index contributed by atoms with van der Waals surface area (Å²) in [6.07, 6.45) is 1.16. The highest BCUT2D eigenvalue weighted by atomic mass is 16.3. The van der Waals surface area contributed by atoms with Gasteiger partial charge in [0.2, 0.25) is 0 Å². The number of rotatable bonds is 1. The molecule has 76 valence electrons. The molecular formula is C9H17NO3. The Labute approximate surface area is 77.6 Å². The van der Waals surface area contributed by atoms with Gasteiger partial charge in [-0.05, 0) is 19.8 Å². The number of nitrogens with one attached hydrogen (secondary N) is 1. The van der Waals surface area contributed by atoms with Gasteiger partial charge in [0.1, 0.15) is 5.60 Å². The fraction of sp³-hybridized carbons (Fsp3) is 1.00. The molecule has 2 rings (SSSR count). The van der Waals surface area contributed by atoms with Gasteiger partial charge in [-0.25, -0.2) is 0 Å². The van der Waals surface area contributed by atoms with Crippen LogP contribution in [0.15, 0.2) is 0 Å². The summed E-state index contributed by atoms with van der Waals surface area (Å²) < 4.78 is 0. The lowest BCUT2D eigenvalue weighted by molar-refractivity contribution is -0.131. The molecule has 0 aromatic rings. The molecule has 1 aliphatic heterocycles.